The smallest absolute Gasteiger partial charge is 0.279 e. The summed E-state index contributed by atoms with van der Waals surface area (Å²) in [4.78, 5) is 24.9. The predicted molar refractivity (Wildman–Crippen MR) is 83.6 cm³/mol. The number of Topliss-reactive ketones (excluding diaryl/α,β-unsaturated/α-hetero) is 1. The zero-order valence-electron chi connectivity index (χ0n) is 13.1. The quantitative estimate of drug-likeness (QED) is 0.823. The highest BCUT2D eigenvalue weighted by Gasteiger charge is 2.26. The van der Waals surface area contributed by atoms with E-state index in [9.17, 15) is 9.59 Å². The van der Waals surface area contributed by atoms with Gasteiger partial charge < -0.3 is 10.2 Å². The lowest BCUT2D eigenvalue weighted by molar-refractivity contribution is -0.904. The van der Waals surface area contributed by atoms with E-state index in [4.69, 9.17) is 0 Å². The molecule has 4 heteroatoms. The fraction of sp³-hybridized carbons (Fsp3) is 0.529. The Hall–Kier alpha value is -1.68. The molecule has 0 aliphatic carbocycles. The van der Waals surface area contributed by atoms with Gasteiger partial charge >= 0.3 is 0 Å². The highest BCUT2D eigenvalue weighted by Crippen LogP contribution is 2.12. The summed E-state index contributed by atoms with van der Waals surface area (Å²) >= 11 is 0. The van der Waals surface area contributed by atoms with E-state index in [0.717, 1.165) is 13.1 Å². The Kier molecular flexibility index (Phi) is 5.12. The van der Waals surface area contributed by atoms with Crippen LogP contribution in [0.5, 0.6) is 0 Å². The first kappa shape index (κ1) is 15.7. The SMILES string of the molecule is CC(=O)c1cccc(NC(=O)C[NH+]2C[C@@H](C)C[C@H](C)C2)c1. The molecule has 1 aliphatic rings. The van der Waals surface area contributed by atoms with Crippen LogP contribution in [0.15, 0.2) is 24.3 Å². The molecule has 1 amide bonds. The highest BCUT2D eigenvalue weighted by molar-refractivity contribution is 5.97. The number of amides is 1. The fourth-order valence-electron chi connectivity index (χ4n) is 3.32. The normalized spacial score (nSPS) is 25.4. The maximum Gasteiger partial charge on any atom is 0.279 e. The van der Waals surface area contributed by atoms with Crippen molar-refractivity contribution in [3.63, 3.8) is 0 Å². The number of ketones is 1. The molecule has 21 heavy (non-hydrogen) atoms. The van der Waals surface area contributed by atoms with Gasteiger partial charge in [0.15, 0.2) is 12.3 Å². The standard InChI is InChI=1S/C17H24N2O2/c1-12-7-13(2)10-19(9-12)11-17(21)18-16-6-4-5-15(8-16)14(3)20/h4-6,8,12-13H,7,9-11H2,1-3H3,(H,18,21)/p+1/t12-,13-/m0/s1. The van der Waals surface area contributed by atoms with Crippen molar-refractivity contribution >= 4 is 17.4 Å². The van der Waals surface area contributed by atoms with Crippen LogP contribution in [0.4, 0.5) is 5.69 Å². The van der Waals surface area contributed by atoms with Gasteiger partial charge in [0, 0.05) is 23.1 Å². The van der Waals surface area contributed by atoms with Crippen molar-refractivity contribution in [1.82, 2.24) is 0 Å². The van der Waals surface area contributed by atoms with E-state index in [1.165, 1.54) is 18.2 Å². The van der Waals surface area contributed by atoms with Crippen molar-refractivity contribution < 1.29 is 14.5 Å². The largest absolute Gasteiger partial charge is 0.327 e. The Labute approximate surface area is 126 Å². The summed E-state index contributed by atoms with van der Waals surface area (Å²) < 4.78 is 0. The highest BCUT2D eigenvalue weighted by atomic mass is 16.2. The molecule has 1 aromatic carbocycles. The van der Waals surface area contributed by atoms with Gasteiger partial charge in [0.1, 0.15) is 0 Å². The number of piperidine rings is 1. The molecule has 0 bridgehead atoms. The lowest BCUT2D eigenvalue weighted by Gasteiger charge is -2.31. The number of carbonyl (C=O) groups excluding carboxylic acids is 2. The fourth-order valence-corrected chi connectivity index (χ4v) is 3.32. The number of hydrogen-bond acceptors (Lipinski definition) is 2. The van der Waals surface area contributed by atoms with E-state index in [-0.39, 0.29) is 11.7 Å². The third-order valence-corrected chi connectivity index (χ3v) is 4.04. The lowest BCUT2D eigenvalue weighted by atomic mass is 9.92. The minimum Gasteiger partial charge on any atom is -0.327 e. The van der Waals surface area contributed by atoms with E-state index >= 15 is 0 Å². The molecule has 1 heterocycles. The summed E-state index contributed by atoms with van der Waals surface area (Å²) in [6.07, 6.45) is 1.26. The van der Waals surface area contributed by atoms with Crippen LogP contribution in [0.3, 0.4) is 0 Å². The van der Waals surface area contributed by atoms with Gasteiger partial charge in [-0.05, 0) is 25.5 Å². The molecule has 2 atom stereocenters. The summed E-state index contributed by atoms with van der Waals surface area (Å²) in [7, 11) is 0. The van der Waals surface area contributed by atoms with Crippen molar-refractivity contribution in [3.8, 4) is 0 Å². The summed E-state index contributed by atoms with van der Waals surface area (Å²) in [6, 6.07) is 7.11. The topological polar surface area (TPSA) is 50.6 Å². The molecule has 1 saturated heterocycles. The minimum atomic E-state index is 0.00963. The van der Waals surface area contributed by atoms with E-state index < -0.39 is 0 Å². The van der Waals surface area contributed by atoms with Gasteiger partial charge in [-0.3, -0.25) is 9.59 Å². The summed E-state index contributed by atoms with van der Waals surface area (Å²) in [5, 5.41) is 2.90. The lowest BCUT2D eigenvalue weighted by Crippen LogP contribution is -3.15. The number of benzene rings is 1. The van der Waals surface area contributed by atoms with Crippen LogP contribution in [-0.4, -0.2) is 31.3 Å². The number of carbonyl (C=O) groups is 2. The van der Waals surface area contributed by atoms with Crippen LogP contribution in [0.1, 0.15) is 37.6 Å². The molecule has 4 nitrogen and oxygen atoms in total. The Morgan fingerprint density at radius 3 is 2.52 bits per heavy atom. The molecule has 0 radical (unpaired) electrons. The van der Waals surface area contributed by atoms with E-state index in [1.54, 1.807) is 18.2 Å². The van der Waals surface area contributed by atoms with Crippen molar-refractivity contribution in [2.24, 2.45) is 11.8 Å². The van der Waals surface area contributed by atoms with E-state index in [1.807, 2.05) is 6.07 Å². The van der Waals surface area contributed by atoms with Crippen LogP contribution in [-0.2, 0) is 4.79 Å². The summed E-state index contributed by atoms with van der Waals surface area (Å²) in [6.45, 7) is 8.66. The van der Waals surface area contributed by atoms with Crippen molar-refractivity contribution in [3.05, 3.63) is 29.8 Å². The molecule has 1 aromatic rings. The Balaban J connectivity index is 1.92. The van der Waals surface area contributed by atoms with E-state index in [2.05, 4.69) is 19.2 Å². The molecule has 1 fully saturated rings. The number of quaternary nitrogens is 1. The molecule has 2 rings (SSSR count). The molecule has 2 N–H and O–H groups in total. The van der Waals surface area contributed by atoms with Crippen LogP contribution in [0.2, 0.25) is 0 Å². The first-order valence-electron chi connectivity index (χ1n) is 7.68. The maximum atomic E-state index is 12.2. The Morgan fingerprint density at radius 1 is 1.24 bits per heavy atom. The van der Waals surface area contributed by atoms with Crippen LogP contribution in [0, 0.1) is 11.8 Å². The van der Waals surface area contributed by atoms with Crippen LogP contribution in [0.25, 0.3) is 0 Å². The summed E-state index contributed by atoms with van der Waals surface area (Å²) in [5.74, 6) is 1.39. The molecule has 0 saturated carbocycles. The number of hydrogen-bond donors (Lipinski definition) is 2. The van der Waals surface area contributed by atoms with Crippen molar-refractivity contribution in [2.45, 2.75) is 27.2 Å². The molecule has 0 unspecified atom stereocenters. The van der Waals surface area contributed by atoms with Gasteiger partial charge in [0.2, 0.25) is 0 Å². The number of rotatable bonds is 4. The number of likely N-dealkylation sites (tertiary alicyclic amines) is 1. The molecule has 0 spiro atoms. The second kappa shape index (κ2) is 6.85. The summed E-state index contributed by atoms with van der Waals surface area (Å²) in [5.41, 5.74) is 1.32. The minimum absolute atomic E-state index is 0.00963. The average Bonchev–Trinajstić information content (AvgIpc) is 2.37. The first-order chi connectivity index (χ1) is 9.94. The second-order valence-electron chi connectivity index (χ2n) is 6.47. The Morgan fingerprint density at radius 2 is 1.90 bits per heavy atom. The monoisotopic (exact) mass is 289 g/mol. The first-order valence-corrected chi connectivity index (χ1v) is 7.68. The van der Waals surface area contributed by atoms with Crippen LogP contribution < -0.4 is 10.2 Å². The van der Waals surface area contributed by atoms with Gasteiger partial charge in [0.25, 0.3) is 5.91 Å². The average molecular weight is 289 g/mol. The predicted octanol–water partition coefficient (Wildman–Crippen LogP) is 1.39. The number of anilines is 1. The zero-order chi connectivity index (χ0) is 15.4. The van der Waals surface area contributed by atoms with E-state index in [0.29, 0.717) is 29.6 Å². The van der Waals surface area contributed by atoms with Gasteiger partial charge in [-0.2, -0.15) is 0 Å². The van der Waals surface area contributed by atoms with Crippen molar-refractivity contribution in [2.75, 3.05) is 25.0 Å². The van der Waals surface area contributed by atoms with Gasteiger partial charge in [-0.25, -0.2) is 0 Å². The molecule has 0 aromatic heterocycles. The van der Waals surface area contributed by atoms with Gasteiger partial charge in [-0.1, -0.05) is 26.0 Å². The molecule has 1 aliphatic heterocycles. The Bertz CT molecular complexity index is 517. The van der Waals surface area contributed by atoms with Gasteiger partial charge in [0.05, 0.1) is 13.1 Å². The van der Waals surface area contributed by atoms with Crippen LogP contribution >= 0.6 is 0 Å². The van der Waals surface area contributed by atoms with Crippen molar-refractivity contribution in [1.29, 1.82) is 0 Å². The molecular formula is C17H25N2O2+. The second-order valence-corrected chi connectivity index (χ2v) is 6.47. The maximum absolute atomic E-state index is 12.2. The zero-order valence-corrected chi connectivity index (χ0v) is 13.1. The molecular weight excluding hydrogens is 264 g/mol. The number of nitrogens with one attached hydrogen (secondary N) is 2. The molecule has 114 valence electrons. The van der Waals surface area contributed by atoms with Gasteiger partial charge in [-0.15, -0.1) is 0 Å². The third kappa shape index (κ3) is 4.67. The third-order valence-electron chi connectivity index (χ3n) is 4.04.